The van der Waals surface area contributed by atoms with Crippen molar-refractivity contribution in [3.05, 3.63) is 18.0 Å². The monoisotopic (exact) mass is 253 g/mol. The van der Waals surface area contributed by atoms with Crippen molar-refractivity contribution in [2.75, 3.05) is 0 Å². The number of nitrogens with one attached hydrogen (secondary N) is 1. The first-order chi connectivity index (χ1) is 8.34. The molecule has 6 nitrogen and oxygen atoms in total. The number of carboxylic acids is 1. The van der Waals surface area contributed by atoms with Gasteiger partial charge in [0.25, 0.3) is 5.91 Å². The summed E-state index contributed by atoms with van der Waals surface area (Å²) in [5.74, 6) is -1.10. The molecule has 0 bridgehead atoms. The molecule has 0 aliphatic heterocycles. The molecule has 0 fully saturated rings. The quantitative estimate of drug-likeness (QED) is 0.799. The SMILES string of the molecule is CCn1cc(C(=O)NC(C)(C)CCC(=O)O)cn1. The lowest BCUT2D eigenvalue weighted by Crippen LogP contribution is -2.43. The summed E-state index contributed by atoms with van der Waals surface area (Å²) in [5, 5.41) is 15.5. The Labute approximate surface area is 106 Å². The van der Waals surface area contributed by atoms with Crippen molar-refractivity contribution < 1.29 is 14.7 Å². The number of carboxylic acid groups (broad SMARTS) is 1. The van der Waals surface area contributed by atoms with Crippen LogP contribution in [0.1, 0.15) is 44.0 Å². The molecule has 18 heavy (non-hydrogen) atoms. The first kappa shape index (κ1) is 14.2. The minimum Gasteiger partial charge on any atom is -0.481 e. The number of aromatic nitrogens is 2. The van der Waals surface area contributed by atoms with Crippen molar-refractivity contribution in [2.24, 2.45) is 0 Å². The lowest BCUT2D eigenvalue weighted by molar-refractivity contribution is -0.137. The smallest absolute Gasteiger partial charge is 0.303 e. The molecule has 1 rings (SSSR count). The van der Waals surface area contributed by atoms with Crippen LogP contribution in [0, 0.1) is 0 Å². The number of carbonyl (C=O) groups excluding carboxylic acids is 1. The molecule has 6 heteroatoms. The third-order valence-electron chi connectivity index (χ3n) is 2.64. The fourth-order valence-electron chi connectivity index (χ4n) is 1.52. The summed E-state index contributed by atoms with van der Waals surface area (Å²) in [6.07, 6.45) is 3.59. The summed E-state index contributed by atoms with van der Waals surface area (Å²) in [6.45, 7) is 6.25. The summed E-state index contributed by atoms with van der Waals surface area (Å²) >= 11 is 0. The van der Waals surface area contributed by atoms with Gasteiger partial charge >= 0.3 is 5.97 Å². The summed E-state index contributed by atoms with van der Waals surface area (Å²) < 4.78 is 1.67. The second kappa shape index (κ2) is 5.66. The maximum absolute atomic E-state index is 11.9. The number of rotatable bonds is 6. The van der Waals surface area contributed by atoms with E-state index in [4.69, 9.17) is 5.11 Å². The Kier molecular flexibility index (Phi) is 4.47. The lowest BCUT2D eigenvalue weighted by atomic mass is 9.98. The molecule has 100 valence electrons. The van der Waals surface area contributed by atoms with Gasteiger partial charge in [-0.3, -0.25) is 14.3 Å². The van der Waals surface area contributed by atoms with Crippen LogP contribution in [0.25, 0.3) is 0 Å². The highest BCUT2D eigenvalue weighted by Gasteiger charge is 2.22. The van der Waals surface area contributed by atoms with Crippen LogP contribution < -0.4 is 5.32 Å². The van der Waals surface area contributed by atoms with Gasteiger partial charge in [0.15, 0.2) is 0 Å². The second-order valence-electron chi connectivity index (χ2n) is 4.82. The highest BCUT2D eigenvalue weighted by Crippen LogP contribution is 2.12. The molecule has 0 aromatic carbocycles. The van der Waals surface area contributed by atoms with E-state index < -0.39 is 11.5 Å². The van der Waals surface area contributed by atoms with Gasteiger partial charge in [-0.25, -0.2) is 0 Å². The van der Waals surface area contributed by atoms with Crippen molar-refractivity contribution in [3.63, 3.8) is 0 Å². The van der Waals surface area contributed by atoms with Crippen LogP contribution in [0.2, 0.25) is 0 Å². The minimum absolute atomic E-state index is 0.0293. The van der Waals surface area contributed by atoms with E-state index in [2.05, 4.69) is 10.4 Å². The highest BCUT2D eigenvalue weighted by atomic mass is 16.4. The first-order valence-corrected chi connectivity index (χ1v) is 5.91. The summed E-state index contributed by atoms with van der Waals surface area (Å²) in [6, 6.07) is 0. The highest BCUT2D eigenvalue weighted by molar-refractivity contribution is 5.94. The van der Waals surface area contributed by atoms with Gasteiger partial charge in [0, 0.05) is 24.7 Å². The molecule has 1 aromatic rings. The zero-order valence-electron chi connectivity index (χ0n) is 10.9. The molecule has 1 aromatic heterocycles. The Morgan fingerprint density at radius 2 is 2.17 bits per heavy atom. The molecule has 0 saturated carbocycles. The molecule has 1 amide bonds. The van der Waals surface area contributed by atoms with E-state index >= 15 is 0 Å². The van der Waals surface area contributed by atoms with Crippen LogP contribution in [0.15, 0.2) is 12.4 Å². The molecule has 0 saturated heterocycles. The fourth-order valence-corrected chi connectivity index (χ4v) is 1.52. The van der Waals surface area contributed by atoms with Crippen LogP contribution in [0.5, 0.6) is 0 Å². The summed E-state index contributed by atoms with van der Waals surface area (Å²) in [4.78, 5) is 22.4. The van der Waals surface area contributed by atoms with E-state index in [0.717, 1.165) is 0 Å². The standard InChI is InChI=1S/C12H19N3O3/c1-4-15-8-9(7-13-15)11(18)14-12(2,3)6-5-10(16)17/h7-8H,4-6H2,1-3H3,(H,14,18)(H,16,17). The first-order valence-electron chi connectivity index (χ1n) is 5.91. The van der Waals surface area contributed by atoms with Gasteiger partial charge in [0.1, 0.15) is 0 Å². The van der Waals surface area contributed by atoms with Gasteiger partial charge < -0.3 is 10.4 Å². The molecule has 0 unspecified atom stereocenters. The van der Waals surface area contributed by atoms with Gasteiger partial charge in [-0.2, -0.15) is 5.10 Å². The fraction of sp³-hybridized carbons (Fsp3) is 0.583. The number of hydrogen-bond acceptors (Lipinski definition) is 3. The lowest BCUT2D eigenvalue weighted by Gasteiger charge is -2.25. The molecule has 1 heterocycles. The van der Waals surface area contributed by atoms with E-state index in [1.807, 2.05) is 6.92 Å². The number of hydrogen-bond donors (Lipinski definition) is 2. The van der Waals surface area contributed by atoms with Crippen molar-refractivity contribution in [1.29, 1.82) is 0 Å². The van der Waals surface area contributed by atoms with Gasteiger partial charge in [0.2, 0.25) is 0 Å². The molecule has 0 atom stereocenters. The Hall–Kier alpha value is -1.85. The van der Waals surface area contributed by atoms with Crippen LogP contribution in [0.3, 0.4) is 0 Å². The maximum atomic E-state index is 11.9. The molecule has 0 aliphatic rings. The van der Waals surface area contributed by atoms with E-state index in [-0.39, 0.29) is 12.3 Å². The largest absolute Gasteiger partial charge is 0.481 e. The zero-order valence-corrected chi connectivity index (χ0v) is 10.9. The van der Waals surface area contributed by atoms with Crippen LogP contribution in [-0.2, 0) is 11.3 Å². The topological polar surface area (TPSA) is 84.2 Å². The maximum Gasteiger partial charge on any atom is 0.303 e. The molecular formula is C12H19N3O3. The Balaban J connectivity index is 2.60. The Bertz CT molecular complexity index is 438. The van der Waals surface area contributed by atoms with Gasteiger partial charge in [-0.1, -0.05) is 0 Å². The number of nitrogens with zero attached hydrogens (tertiary/aromatic N) is 2. The van der Waals surface area contributed by atoms with E-state index in [1.54, 1.807) is 24.7 Å². The van der Waals surface area contributed by atoms with E-state index in [9.17, 15) is 9.59 Å². The van der Waals surface area contributed by atoms with E-state index in [1.165, 1.54) is 6.20 Å². The van der Waals surface area contributed by atoms with Gasteiger partial charge in [-0.15, -0.1) is 0 Å². The van der Waals surface area contributed by atoms with Crippen molar-refractivity contribution in [1.82, 2.24) is 15.1 Å². The van der Waals surface area contributed by atoms with Crippen molar-refractivity contribution in [2.45, 2.75) is 45.7 Å². The number of amides is 1. The predicted molar refractivity (Wildman–Crippen MR) is 66.3 cm³/mol. The summed E-state index contributed by atoms with van der Waals surface area (Å²) in [5.41, 5.74) is -0.0655. The molecule has 2 N–H and O–H groups in total. The average molecular weight is 253 g/mol. The van der Waals surface area contributed by atoms with Crippen LogP contribution in [-0.4, -0.2) is 32.3 Å². The van der Waals surface area contributed by atoms with E-state index in [0.29, 0.717) is 18.5 Å². The Morgan fingerprint density at radius 1 is 1.50 bits per heavy atom. The molecule has 0 spiro atoms. The number of aliphatic carboxylic acids is 1. The predicted octanol–water partition coefficient (Wildman–Crippen LogP) is 1.28. The number of carbonyl (C=O) groups is 2. The average Bonchev–Trinajstić information content (AvgIpc) is 2.74. The molecular weight excluding hydrogens is 234 g/mol. The van der Waals surface area contributed by atoms with Gasteiger partial charge in [-0.05, 0) is 27.2 Å². The third kappa shape index (κ3) is 4.20. The van der Waals surface area contributed by atoms with Crippen molar-refractivity contribution in [3.8, 4) is 0 Å². The normalized spacial score (nSPS) is 11.3. The van der Waals surface area contributed by atoms with Crippen LogP contribution >= 0.6 is 0 Å². The number of aryl methyl sites for hydroxylation is 1. The van der Waals surface area contributed by atoms with Crippen molar-refractivity contribution >= 4 is 11.9 Å². The summed E-state index contributed by atoms with van der Waals surface area (Å²) in [7, 11) is 0. The Morgan fingerprint density at radius 3 is 2.67 bits per heavy atom. The second-order valence-corrected chi connectivity index (χ2v) is 4.82. The zero-order chi connectivity index (χ0) is 13.8. The van der Waals surface area contributed by atoms with Crippen LogP contribution in [0.4, 0.5) is 0 Å². The minimum atomic E-state index is -0.865. The third-order valence-corrected chi connectivity index (χ3v) is 2.64. The molecule has 0 radical (unpaired) electrons. The van der Waals surface area contributed by atoms with Gasteiger partial charge in [0.05, 0.1) is 11.8 Å². The molecule has 0 aliphatic carbocycles.